The van der Waals surface area contributed by atoms with Crippen LogP contribution in [0.15, 0.2) is 0 Å². The molecule has 0 fully saturated rings. The van der Waals surface area contributed by atoms with Crippen molar-refractivity contribution in [3.63, 3.8) is 0 Å². The number of nitrogens with one attached hydrogen (secondary N) is 1. The smallest absolute Gasteiger partial charge is 0.223 e. The van der Waals surface area contributed by atoms with E-state index in [1.807, 2.05) is 11.9 Å². The predicted octanol–water partition coefficient (Wildman–Crippen LogP) is 1.88. The first-order valence-corrected chi connectivity index (χ1v) is 5.94. The van der Waals surface area contributed by atoms with Gasteiger partial charge in [-0.25, -0.2) is 0 Å². The van der Waals surface area contributed by atoms with Crippen molar-refractivity contribution in [3.05, 3.63) is 0 Å². The minimum Gasteiger partial charge on any atom is -0.345 e. The number of hydrogen-bond acceptors (Lipinski definition) is 2. The summed E-state index contributed by atoms with van der Waals surface area (Å²) >= 11 is 0. The van der Waals surface area contributed by atoms with Crippen LogP contribution in [0.25, 0.3) is 0 Å². The van der Waals surface area contributed by atoms with Crippen LogP contribution in [-0.2, 0) is 4.79 Å². The van der Waals surface area contributed by atoms with E-state index in [0.29, 0.717) is 18.4 Å². The molecular formula is C12H26N2O. The van der Waals surface area contributed by atoms with Gasteiger partial charge in [0, 0.05) is 32.6 Å². The first-order chi connectivity index (χ1) is 6.97. The summed E-state index contributed by atoms with van der Waals surface area (Å²) in [6.45, 7) is 10.2. The highest BCUT2D eigenvalue weighted by Crippen LogP contribution is 2.03. The summed E-state index contributed by atoms with van der Waals surface area (Å²) in [5.74, 6) is 0.834. The Hall–Kier alpha value is -0.570. The molecule has 0 heterocycles. The molecule has 0 saturated heterocycles. The predicted molar refractivity (Wildman–Crippen MR) is 64.8 cm³/mol. The molecule has 0 aromatic heterocycles. The molecule has 0 aromatic rings. The number of rotatable bonds is 7. The first kappa shape index (κ1) is 14.4. The molecule has 0 bridgehead atoms. The fourth-order valence-electron chi connectivity index (χ4n) is 1.36. The lowest BCUT2D eigenvalue weighted by Gasteiger charge is -2.21. The van der Waals surface area contributed by atoms with Crippen molar-refractivity contribution in [2.75, 3.05) is 20.1 Å². The molecule has 3 heteroatoms. The summed E-state index contributed by atoms with van der Waals surface area (Å²) in [5, 5.41) is 3.25. The van der Waals surface area contributed by atoms with Crippen LogP contribution in [0, 0.1) is 5.92 Å². The van der Waals surface area contributed by atoms with Crippen LogP contribution >= 0.6 is 0 Å². The van der Waals surface area contributed by atoms with Crippen molar-refractivity contribution in [1.82, 2.24) is 10.2 Å². The molecule has 0 rings (SSSR count). The number of hydrogen-bond donors (Lipinski definition) is 1. The highest BCUT2D eigenvalue weighted by Gasteiger charge is 2.10. The first-order valence-electron chi connectivity index (χ1n) is 5.94. The van der Waals surface area contributed by atoms with Gasteiger partial charge in [-0.1, -0.05) is 34.1 Å². The van der Waals surface area contributed by atoms with Gasteiger partial charge in [0.25, 0.3) is 0 Å². The lowest BCUT2D eigenvalue weighted by Crippen LogP contribution is -2.34. The molecular weight excluding hydrogens is 188 g/mol. The van der Waals surface area contributed by atoms with E-state index in [4.69, 9.17) is 0 Å². The maximum atomic E-state index is 11.7. The van der Waals surface area contributed by atoms with E-state index in [9.17, 15) is 4.79 Å². The third-order valence-electron chi connectivity index (χ3n) is 2.60. The number of nitrogens with zero attached hydrogens (tertiary/aromatic N) is 1. The second kappa shape index (κ2) is 7.69. The Morgan fingerprint density at radius 1 is 1.33 bits per heavy atom. The minimum absolute atomic E-state index is 0.239. The lowest BCUT2D eigenvalue weighted by atomic mass is 10.1. The number of carbonyl (C=O) groups is 1. The number of carbonyl (C=O) groups excluding carboxylic acids is 1. The topological polar surface area (TPSA) is 32.3 Å². The summed E-state index contributed by atoms with van der Waals surface area (Å²) in [7, 11) is 1.89. The Morgan fingerprint density at radius 2 is 1.93 bits per heavy atom. The lowest BCUT2D eigenvalue weighted by molar-refractivity contribution is -0.130. The molecule has 0 spiro atoms. The van der Waals surface area contributed by atoms with Crippen LogP contribution in [0.5, 0.6) is 0 Å². The third-order valence-corrected chi connectivity index (χ3v) is 2.60. The van der Waals surface area contributed by atoms with Gasteiger partial charge >= 0.3 is 0 Å². The second-order valence-electron chi connectivity index (χ2n) is 4.65. The van der Waals surface area contributed by atoms with Gasteiger partial charge in [-0.05, 0) is 5.92 Å². The van der Waals surface area contributed by atoms with Crippen LogP contribution in [0.4, 0.5) is 0 Å². The fraction of sp³-hybridized carbons (Fsp3) is 0.917. The van der Waals surface area contributed by atoms with Gasteiger partial charge in [0.05, 0.1) is 0 Å². The van der Waals surface area contributed by atoms with E-state index in [0.717, 1.165) is 19.5 Å². The zero-order chi connectivity index (χ0) is 11.8. The van der Waals surface area contributed by atoms with Crippen molar-refractivity contribution in [3.8, 4) is 0 Å². The molecule has 1 atom stereocenters. The summed E-state index contributed by atoms with van der Waals surface area (Å²) in [4.78, 5) is 13.5. The van der Waals surface area contributed by atoms with Crippen molar-refractivity contribution in [2.24, 2.45) is 5.92 Å². The molecule has 0 radical (unpaired) electrons. The van der Waals surface area contributed by atoms with E-state index in [1.54, 1.807) is 0 Å². The molecule has 0 saturated carbocycles. The van der Waals surface area contributed by atoms with Gasteiger partial charge < -0.3 is 10.2 Å². The molecule has 0 aliphatic rings. The Morgan fingerprint density at radius 3 is 2.40 bits per heavy atom. The molecule has 1 N–H and O–H groups in total. The molecule has 1 unspecified atom stereocenters. The van der Waals surface area contributed by atoms with Crippen molar-refractivity contribution >= 4 is 5.91 Å². The van der Waals surface area contributed by atoms with Crippen LogP contribution in [0.3, 0.4) is 0 Å². The largest absolute Gasteiger partial charge is 0.345 e. The zero-order valence-corrected chi connectivity index (χ0v) is 10.8. The Kier molecular flexibility index (Phi) is 7.39. The fourth-order valence-corrected chi connectivity index (χ4v) is 1.36. The standard InChI is InChI=1S/C12H26N2O/c1-6-11(4)9-14(5)12(15)7-8-13-10(2)3/h10-11,13H,6-9H2,1-5H3. The average Bonchev–Trinajstić information content (AvgIpc) is 2.16. The minimum atomic E-state index is 0.239. The molecule has 0 aromatic carbocycles. The Bertz CT molecular complexity index is 180. The summed E-state index contributed by atoms with van der Waals surface area (Å²) in [5.41, 5.74) is 0. The van der Waals surface area contributed by atoms with Crippen LogP contribution in [0.1, 0.15) is 40.5 Å². The van der Waals surface area contributed by atoms with E-state index in [2.05, 4.69) is 33.0 Å². The third kappa shape index (κ3) is 7.37. The van der Waals surface area contributed by atoms with Gasteiger partial charge in [0.2, 0.25) is 5.91 Å². The van der Waals surface area contributed by atoms with Crippen LogP contribution in [-0.4, -0.2) is 37.0 Å². The van der Waals surface area contributed by atoms with Gasteiger partial charge in [-0.3, -0.25) is 4.79 Å². The quantitative estimate of drug-likeness (QED) is 0.702. The van der Waals surface area contributed by atoms with Crippen molar-refractivity contribution in [1.29, 1.82) is 0 Å². The Labute approximate surface area is 94.2 Å². The van der Waals surface area contributed by atoms with Gasteiger partial charge in [-0.2, -0.15) is 0 Å². The van der Waals surface area contributed by atoms with Gasteiger partial charge in [0.15, 0.2) is 0 Å². The van der Waals surface area contributed by atoms with Crippen molar-refractivity contribution < 1.29 is 4.79 Å². The van der Waals surface area contributed by atoms with E-state index in [1.165, 1.54) is 0 Å². The van der Waals surface area contributed by atoms with Gasteiger partial charge in [-0.15, -0.1) is 0 Å². The van der Waals surface area contributed by atoms with Crippen LogP contribution < -0.4 is 5.32 Å². The monoisotopic (exact) mass is 214 g/mol. The zero-order valence-electron chi connectivity index (χ0n) is 10.8. The SMILES string of the molecule is CCC(C)CN(C)C(=O)CCNC(C)C. The summed E-state index contributed by atoms with van der Waals surface area (Å²) in [6.07, 6.45) is 1.73. The highest BCUT2D eigenvalue weighted by atomic mass is 16.2. The highest BCUT2D eigenvalue weighted by molar-refractivity contribution is 5.76. The van der Waals surface area contributed by atoms with E-state index < -0.39 is 0 Å². The van der Waals surface area contributed by atoms with Crippen LogP contribution in [0.2, 0.25) is 0 Å². The second-order valence-corrected chi connectivity index (χ2v) is 4.65. The molecule has 1 amide bonds. The molecule has 15 heavy (non-hydrogen) atoms. The normalized spacial score (nSPS) is 12.9. The average molecular weight is 214 g/mol. The maximum Gasteiger partial charge on any atom is 0.223 e. The summed E-state index contributed by atoms with van der Waals surface area (Å²) < 4.78 is 0. The van der Waals surface area contributed by atoms with E-state index in [-0.39, 0.29) is 5.91 Å². The molecule has 3 nitrogen and oxygen atoms in total. The summed E-state index contributed by atoms with van der Waals surface area (Å²) in [6, 6.07) is 0.456. The van der Waals surface area contributed by atoms with E-state index >= 15 is 0 Å². The Balaban J connectivity index is 3.69. The van der Waals surface area contributed by atoms with Gasteiger partial charge in [0.1, 0.15) is 0 Å². The van der Waals surface area contributed by atoms with Crippen molar-refractivity contribution in [2.45, 2.75) is 46.6 Å². The maximum absolute atomic E-state index is 11.7. The number of amides is 1. The molecule has 90 valence electrons. The molecule has 0 aliphatic carbocycles. The molecule has 0 aliphatic heterocycles.